The van der Waals surface area contributed by atoms with Gasteiger partial charge < -0.3 is 4.90 Å². The van der Waals surface area contributed by atoms with Crippen LogP contribution in [0.5, 0.6) is 0 Å². The minimum absolute atomic E-state index is 0.0837. The Bertz CT molecular complexity index is 956. The number of aromatic amines is 1. The number of carbonyl (C=O) groups excluding carboxylic acids is 1. The SMILES string of the molecule is CN1Cc2nnc(-c3cc(C4CC4)[nH]n3)n2[C@@H](Cc2ccccc2)C1=O. The van der Waals surface area contributed by atoms with Crippen LogP contribution in [0.3, 0.4) is 0 Å². The molecule has 2 aromatic heterocycles. The quantitative estimate of drug-likeness (QED) is 0.784. The monoisotopic (exact) mass is 348 g/mol. The third kappa shape index (κ3) is 2.51. The van der Waals surface area contributed by atoms with Gasteiger partial charge in [0.05, 0.1) is 6.54 Å². The number of rotatable bonds is 4. The third-order valence-corrected chi connectivity index (χ3v) is 5.23. The van der Waals surface area contributed by atoms with Gasteiger partial charge in [-0.15, -0.1) is 10.2 Å². The normalized spacial score (nSPS) is 19.7. The van der Waals surface area contributed by atoms with Crippen LogP contribution < -0.4 is 0 Å². The van der Waals surface area contributed by atoms with E-state index in [9.17, 15) is 4.79 Å². The van der Waals surface area contributed by atoms with Gasteiger partial charge in [-0.05, 0) is 24.5 Å². The summed E-state index contributed by atoms with van der Waals surface area (Å²) in [5.41, 5.74) is 3.03. The molecule has 7 heteroatoms. The van der Waals surface area contributed by atoms with E-state index >= 15 is 0 Å². The molecule has 0 spiro atoms. The van der Waals surface area contributed by atoms with Gasteiger partial charge in [-0.2, -0.15) is 5.10 Å². The molecule has 1 aliphatic carbocycles. The highest BCUT2D eigenvalue weighted by Crippen LogP contribution is 2.40. The second kappa shape index (κ2) is 5.79. The average molecular weight is 348 g/mol. The molecule has 1 saturated carbocycles. The molecule has 2 aliphatic rings. The van der Waals surface area contributed by atoms with Crippen molar-refractivity contribution in [3.8, 4) is 11.5 Å². The molecule has 5 rings (SSSR count). The Kier molecular flexibility index (Phi) is 3.41. The van der Waals surface area contributed by atoms with Gasteiger partial charge >= 0.3 is 0 Å². The van der Waals surface area contributed by atoms with Gasteiger partial charge in [-0.25, -0.2) is 0 Å². The van der Waals surface area contributed by atoms with E-state index in [4.69, 9.17) is 0 Å². The maximum absolute atomic E-state index is 12.9. The predicted molar refractivity (Wildman–Crippen MR) is 95.2 cm³/mol. The lowest BCUT2D eigenvalue weighted by molar-refractivity contribution is -0.135. The molecule has 0 bridgehead atoms. The van der Waals surface area contributed by atoms with Crippen LogP contribution in [0.1, 0.15) is 41.9 Å². The average Bonchev–Trinajstić information content (AvgIpc) is 3.24. The molecule has 7 nitrogen and oxygen atoms in total. The molecule has 1 fully saturated rings. The molecule has 0 unspecified atom stereocenters. The number of fused-ring (bicyclic) bond motifs is 1. The summed E-state index contributed by atoms with van der Waals surface area (Å²) in [7, 11) is 1.82. The largest absolute Gasteiger partial charge is 0.336 e. The molecular formula is C19H20N6O. The van der Waals surface area contributed by atoms with Gasteiger partial charge in [0.2, 0.25) is 5.91 Å². The number of aromatic nitrogens is 5. The number of amides is 1. The number of hydrogen-bond donors (Lipinski definition) is 1. The van der Waals surface area contributed by atoms with Crippen molar-refractivity contribution < 1.29 is 4.79 Å². The molecule has 1 aliphatic heterocycles. The fourth-order valence-electron chi connectivity index (χ4n) is 3.66. The van der Waals surface area contributed by atoms with Crippen LogP contribution in [0.25, 0.3) is 11.5 Å². The van der Waals surface area contributed by atoms with Gasteiger partial charge in [0.25, 0.3) is 0 Å². The van der Waals surface area contributed by atoms with E-state index in [0.717, 1.165) is 22.8 Å². The van der Waals surface area contributed by atoms with Crippen molar-refractivity contribution in [2.45, 2.75) is 37.8 Å². The van der Waals surface area contributed by atoms with E-state index in [1.54, 1.807) is 4.90 Å². The van der Waals surface area contributed by atoms with E-state index in [-0.39, 0.29) is 11.9 Å². The molecule has 0 radical (unpaired) electrons. The molecular weight excluding hydrogens is 328 g/mol. The van der Waals surface area contributed by atoms with E-state index in [1.165, 1.54) is 12.8 Å². The summed E-state index contributed by atoms with van der Waals surface area (Å²) < 4.78 is 1.97. The molecule has 26 heavy (non-hydrogen) atoms. The molecule has 0 saturated heterocycles. The zero-order valence-electron chi connectivity index (χ0n) is 14.6. The highest BCUT2D eigenvalue weighted by molar-refractivity contribution is 5.82. The zero-order chi connectivity index (χ0) is 17.7. The van der Waals surface area contributed by atoms with Gasteiger partial charge in [0.15, 0.2) is 11.6 Å². The minimum Gasteiger partial charge on any atom is -0.336 e. The first kappa shape index (κ1) is 15.3. The molecule has 3 aromatic rings. The number of carbonyl (C=O) groups is 1. The van der Waals surface area contributed by atoms with Crippen LogP contribution in [-0.4, -0.2) is 42.8 Å². The van der Waals surface area contributed by atoms with Gasteiger partial charge in [-0.3, -0.25) is 14.5 Å². The highest BCUT2D eigenvalue weighted by Gasteiger charge is 2.35. The first-order valence-corrected chi connectivity index (χ1v) is 8.99. The summed E-state index contributed by atoms with van der Waals surface area (Å²) in [6.07, 6.45) is 3.03. The van der Waals surface area contributed by atoms with Crippen LogP contribution in [0.15, 0.2) is 36.4 Å². The molecule has 1 atom stereocenters. The summed E-state index contributed by atoms with van der Waals surface area (Å²) in [6, 6.07) is 11.8. The van der Waals surface area contributed by atoms with Crippen molar-refractivity contribution >= 4 is 5.91 Å². The van der Waals surface area contributed by atoms with Crippen molar-refractivity contribution in [3.05, 3.63) is 53.5 Å². The smallest absolute Gasteiger partial charge is 0.246 e. The van der Waals surface area contributed by atoms with Crippen molar-refractivity contribution in [2.24, 2.45) is 0 Å². The van der Waals surface area contributed by atoms with Crippen LogP contribution in [0.4, 0.5) is 0 Å². The number of nitrogens with zero attached hydrogens (tertiary/aromatic N) is 5. The predicted octanol–water partition coefficient (Wildman–Crippen LogP) is 2.30. The Balaban J connectivity index is 1.56. The summed E-state index contributed by atoms with van der Waals surface area (Å²) >= 11 is 0. The van der Waals surface area contributed by atoms with Crippen molar-refractivity contribution in [2.75, 3.05) is 7.05 Å². The Morgan fingerprint density at radius 3 is 2.77 bits per heavy atom. The topological polar surface area (TPSA) is 79.7 Å². The zero-order valence-corrected chi connectivity index (χ0v) is 14.6. The number of benzene rings is 1. The molecule has 1 amide bonds. The van der Waals surface area contributed by atoms with Crippen molar-refractivity contribution in [1.82, 2.24) is 29.9 Å². The summed E-state index contributed by atoms with van der Waals surface area (Å²) in [4.78, 5) is 14.6. The Morgan fingerprint density at radius 1 is 1.19 bits per heavy atom. The number of H-pyrrole nitrogens is 1. The van der Waals surface area contributed by atoms with Gasteiger partial charge in [-0.1, -0.05) is 30.3 Å². The molecule has 1 aromatic carbocycles. The second-order valence-corrected chi connectivity index (χ2v) is 7.19. The van der Waals surface area contributed by atoms with E-state index < -0.39 is 0 Å². The molecule has 1 N–H and O–H groups in total. The summed E-state index contributed by atoms with van der Waals surface area (Å²) in [5.74, 6) is 2.15. The minimum atomic E-state index is -0.350. The first-order valence-electron chi connectivity index (χ1n) is 8.99. The number of hydrogen-bond acceptors (Lipinski definition) is 4. The fourth-order valence-corrected chi connectivity index (χ4v) is 3.66. The van der Waals surface area contributed by atoms with Gasteiger partial charge in [0, 0.05) is 25.1 Å². The van der Waals surface area contributed by atoms with E-state index in [1.807, 2.05) is 41.9 Å². The van der Waals surface area contributed by atoms with Crippen molar-refractivity contribution in [3.63, 3.8) is 0 Å². The Labute approximate surface area is 151 Å². The van der Waals surface area contributed by atoms with Crippen LogP contribution >= 0.6 is 0 Å². The van der Waals surface area contributed by atoms with Gasteiger partial charge in [0.1, 0.15) is 11.7 Å². The summed E-state index contributed by atoms with van der Waals surface area (Å²) in [5, 5.41) is 16.3. The second-order valence-electron chi connectivity index (χ2n) is 7.19. The van der Waals surface area contributed by atoms with E-state index in [0.29, 0.717) is 24.7 Å². The lowest BCUT2D eigenvalue weighted by atomic mass is 10.0. The number of likely N-dealkylation sites (N-methyl/N-ethyl adjacent to an activating group) is 1. The summed E-state index contributed by atoms with van der Waals surface area (Å²) in [6.45, 7) is 0.469. The van der Waals surface area contributed by atoms with E-state index in [2.05, 4.69) is 26.5 Å². The lowest BCUT2D eigenvalue weighted by Crippen LogP contribution is -2.41. The van der Waals surface area contributed by atoms with Crippen LogP contribution in [0.2, 0.25) is 0 Å². The lowest BCUT2D eigenvalue weighted by Gasteiger charge is -2.31. The van der Waals surface area contributed by atoms with Crippen molar-refractivity contribution in [1.29, 1.82) is 0 Å². The van der Waals surface area contributed by atoms with Crippen LogP contribution in [0, 0.1) is 0 Å². The maximum Gasteiger partial charge on any atom is 0.246 e. The Morgan fingerprint density at radius 2 is 2.00 bits per heavy atom. The van der Waals surface area contributed by atoms with Crippen LogP contribution in [-0.2, 0) is 17.8 Å². The maximum atomic E-state index is 12.9. The first-order chi connectivity index (χ1) is 12.7. The number of nitrogens with one attached hydrogen (secondary N) is 1. The third-order valence-electron chi connectivity index (χ3n) is 5.23. The molecule has 3 heterocycles. The molecule has 132 valence electrons. The standard InChI is InChI=1S/C19H20N6O/c1-24-11-17-22-23-18(15-10-14(20-21-15)13-7-8-13)25(17)16(19(24)26)9-12-5-3-2-4-6-12/h2-6,10,13,16H,7-9,11H2,1H3,(H,20,21)/t16-/m0/s1. The Hall–Kier alpha value is -2.96. The fraction of sp³-hybridized carbons (Fsp3) is 0.368. The highest BCUT2D eigenvalue weighted by atomic mass is 16.2.